The fourth-order valence-electron chi connectivity index (χ4n) is 2.49. The maximum Gasteiger partial charge on any atom is 0.123 e. The van der Waals surface area contributed by atoms with E-state index >= 15 is 0 Å². The van der Waals surface area contributed by atoms with Gasteiger partial charge in [0.1, 0.15) is 11.6 Å². The topological polar surface area (TPSA) is 25.2 Å². The summed E-state index contributed by atoms with van der Waals surface area (Å²) >= 11 is 0. The van der Waals surface area contributed by atoms with Crippen molar-refractivity contribution in [1.29, 1.82) is 0 Å². The van der Waals surface area contributed by atoms with Crippen molar-refractivity contribution in [2.75, 3.05) is 0 Å². The molecule has 1 fully saturated rings. The summed E-state index contributed by atoms with van der Waals surface area (Å²) < 4.78 is 18.4. The molecule has 1 aliphatic carbocycles. The molecule has 1 heterocycles. The number of hydrogen-bond acceptors (Lipinski definition) is 2. The Morgan fingerprint density at radius 1 is 1.21 bits per heavy atom. The lowest BCUT2D eigenvalue weighted by Crippen LogP contribution is -2.26. The first kappa shape index (κ1) is 12.4. The predicted molar refractivity (Wildman–Crippen MR) is 72.1 cm³/mol. The van der Waals surface area contributed by atoms with Gasteiger partial charge in [-0.25, -0.2) is 4.39 Å². The zero-order valence-electron chi connectivity index (χ0n) is 11.0. The van der Waals surface area contributed by atoms with Crippen molar-refractivity contribution < 1.29 is 8.81 Å². The van der Waals surface area contributed by atoms with Gasteiger partial charge in [0.2, 0.25) is 0 Å². The number of halogens is 1. The van der Waals surface area contributed by atoms with E-state index < -0.39 is 0 Å². The van der Waals surface area contributed by atoms with Crippen LogP contribution in [0.1, 0.15) is 43.2 Å². The smallest absolute Gasteiger partial charge is 0.123 e. The highest BCUT2D eigenvalue weighted by molar-refractivity contribution is 5.22. The molecule has 2 nitrogen and oxygen atoms in total. The van der Waals surface area contributed by atoms with E-state index in [-0.39, 0.29) is 17.9 Å². The molecule has 100 valence electrons. The summed E-state index contributed by atoms with van der Waals surface area (Å²) in [4.78, 5) is 0. The van der Waals surface area contributed by atoms with Crippen molar-refractivity contribution in [3.05, 3.63) is 59.8 Å². The molecule has 3 heteroatoms. The van der Waals surface area contributed by atoms with E-state index in [4.69, 9.17) is 4.42 Å². The molecule has 2 aromatic rings. The first-order valence-electron chi connectivity index (χ1n) is 6.79. The summed E-state index contributed by atoms with van der Waals surface area (Å²) in [5.41, 5.74) is 1.15. The maximum atomic E-state index is 13.0. The Morgan fingerprint density at radius 2 is 1.95 bits per heavy atom. The van der Waals surface area contributed by atoms with Gasteiger partial charge in [0.05, 0.1) is 12.3 Å². The second kappa shape index (κ2) is 5.17. The van der Waals surface area contributed by atoms with Crippen LogP contribution in [0.2, 0.25) is 0 Å². The fourth-order valence-corrected chi connectivity index (χ4v) is 2.49. The lowest BCUT2D eigenvalue weighted by molar-refractivity contribution is 0.372. The Bertz CT molecular complexity index is 516. The summed E-state index contributed by atoms with van der Waals surface area (Å²) in [6, 6.07) is 11.1. The molecule has 1 aliphatic rings. The van der Waals surface area contributed by atoms with Crippen molar-refractivity contribution in [3.8, 4) is 0 Å². The van der Waals surface area contributed by atoms with Crippen LogP contribution in [0.3, 0.4) is 0 Å². The molecule has 0 bridgehead atoms. The Balaban J connectivity index is 1.76. The second-order valence-electron chi connectivity index (χ2n) is 5.27. The Hall–Kier alpha value is -1.61. The van der Waals surface area contributed by atoms with Gasteiger partial charge >= 0.3 is 0 Å². The van der Waals surface area contributed by atoms with Crippen molar-refractivity contribution in [3.63, 3.8) is 0 Å². The zero-order valence-corrected chi connectivity index (χ0v) is 11.0. The van der Waals surface area contributed by atoms with E-state index in [9.17, 15) is 4.39 Å². The molecule has 0 amide bonds. The molecule has 1 aromatic carbocycles. The standard InChI is InChI=1S/C16H18FNO/c1-11(15-3-2-10-19-15)18-16(12-4-5-12)13-6-8-14(17)9-7-13/h2-3,6-12,16,18H,4-5H2,1H3/t11-,16?/m0/s1. The van der Waals surface area contributed by atoms with Gasteiger partial charge in [0.25, 0.3) is 0 Å². The van der Waals surface area contributed by atoms with Crippen LogP contribution in [-0.2, 0) is 0 Å². The third-order valence-corrected chi connectivity index (χ3v) is 3.72. The first-order valence-corrected chi connectivity index (χ1v) is 6.79. The van der Waals surface area contributed by atoms with Gasteiger partial charge in [0.15, 0.2) is 0 Å². The molecule has 19 heavy (non-hydrogen) atoms. The minimum absolute atomic E-state index is 0.158. The minimum Gasteiger partial charge on any atom is -0.468 e. The maximum absolute atomic E-state index is 13.0. The molecule has 0 spiro atoms. The number of hydrogen-bond donors (Lipinski definition) is 1. The highest BCUT2D eigenvalue weighted by Gasteiger charge is 2.33. The lowest BCUT2D eigenvalue weighted by Gasteiger charge is -2.22. The molecular formula is C16H18FNO. The normalized spacial score (nSPS) is 18.2. The van der Waals surface area contributed by atoms with E-state index in [2.05, 4.69) is 12.2 Å². The van der Waals surface area contributed by atoms with Crippen molar-refractivity contribution >= 4 is 0 Å². The van der Waals surface area contributed by atoms with Gasteiger partial charge in [-0.1, -0.05) is 12.1 Å². The van der Waals surface area contributed by atoms with Crippen molar-refractivity contribution in [2.45, 2.75) is 31.8 Å². The Labute approximate surface area is 112 Å². The molecule has 1 N–H and O–H groups in total. The Morgan fingerprint density at radius 3 is 2.53 bits per heavy atom. The molecule has 0 radical (unpaired) electrons. The van der Waals surface area contributed by atoms with Crippen LogP contribution in [0.4, 0.5) is 4.39 Å². The monoisotopic (exact) mass is 259 g/mol. The third-order valence-electron chi connectivity index (χ3n) is 3.72. The van der Waals surface area contributed by atoms with Gasteiger partial charge in [0, 0.05) is 6.04 Å². The van der Waals surface area contributed by atoms with E-state index in [0.717, 1.165) is 11.3 Å². The van der Waals surface area contributed by atoms with E-state index in [1.54, 1.807) is 6.26 Å². The predicted octanol–water partition coefficient (Wildman–Crippen LogP) is 4.22. The number of rotatable bonds is 5. The average molecular weight is 259 g/mol. The number of nitrogens with one attached hydrogen (secondary N) is 1. The molecule has 3 rings (SSSR count). The fraction of sp³-hybridized carbons (Fsp3) is 0.375. The first-order chi connectivity index (χ1) is 9.24. The largest absolute Gasteiger partial charge is 0.468 e. The highest BCUT2D eigenvalue weighted by Crippen LogP contribution is 2.42. The van der Waals surface area contributed by atoms with Crippen LogP contribution in [-0.4, -0.2) is 0 Å². The summed E-state index contributed by atoms with van der Waals surface area (Å²) in [7, 11) is 0. The van der Waals surface area contributed by atoms with Gasteiger partial charge < -0.3 is 9.73 Å². The van der Waals surface area contributed by atoms with Crippen LogP contribution in [0.5, 0.6) is 0 Å². The summed E-state index contributed by atoms with van der Waals surface area (Å²) in [6.07, 6.45) is 4.16. The van der Waals surface area contributed by atoms with Crippen molar-refractivity contribution in [2.24, 2.45) is 5.92 Å². The van der Waals surface area contributed by atoms with Crippen LogP contribution >= 0.6 is 0 Å². The molecule has 0 saturated heterocycles. The van der Waals surface area contributed by atoms with Crippen LogP contribution < -0.4 is 5.32 Å². The molecule has 1 aromatic heterocycles. The van der Waals surface area contributed by atoms with E-state index in [1.807, 2.05) is 24.3 Å². The van der Waals surface area contributed by atoms with Gasteiger partial charge in [-0.15, -0.1) is 0 Å². The number of furan rings is 1. The number of benzene rings is 1. The molecule has 1 unspecified atom stereocenters. The second-order valence-corrected chi connectivity index (χ2v) is 5.27. The lowest BCUT2D eigenvalue weighted by atomic mass is 10.0. The van der Waals surface area contributed by atoms with Gasteiger partial charge in [-0.2, -0.15) is 0 Å². The summed E-state index contributed by atoms with van der Waals surface area (Å²) in [5.74, 6) is 1.41. The average Bonchev–Trinajstić information content (AvgIpc) is 3.10. The molecule has 1 saturated carbocycles. The van der Waals surface area contributed by atoms with Crippen LogP contribution in [0, 0.1) is 11.7 Å². The quantitative estimate of drug-likeness (QED) is 0.869. The van der Waals surface area contributed by atoms with E-state index in [1.165, 1.54) is 25.0 Å². The highest BCUT2D eigenvalue weighted by atomic mass is 19.1. The molecule has 0 aliphatic heterocycles. The summed E-state index contributed by atoms with van der Waals surface area (Å²) in [6.45, 7) is 2.09. The third kappa shape index (κ3) is 2.87. The zero-order chi connectivity index (χ0) is 13.2. The van der Waals surface area contributed by atoms with Gasteiger partial charge in [-0.05, 0) is 55.5 Å². The van der Waals surface area contributed by atoms with Gasteiger partial charge in [-0.3, -0.25) is 0 Å². The SMILES string of the molecule is C[C@H](NC(c1ccc(F)cc1)C1CC1)c1ccco1. The molecular weight excluding hydrogens is 241 g/mol. The summed E-state index contributed by atoms with van der Waals surface area (Å²) in [5, 5.41) is 3.60. The van der Waals surface area contributed by atoms with Crippen LogP contribution in [0.25, 0.3) is 0 Å². The van der Waals surface area contributed by atoms with E-state index in [0.29, 0.717) is 5.92 Å². The molecule has 2 atom stereocenters. The van der Waals surface area contributed by atoms with Crippen molar-refractivity contribution in [1.82, 2.24) is 5.32 Å². The minimum atomic E-state index is -0.183. The Kier molecular flexibility index (Phi) is 3.38. The van der Waals surface area contributed by atoms with Crippen LogP contribution in [0.15, 0.2) is 47.1 Å².